The van der Waals surface area contributed by atoms with Crippen molar-refractivity contribution in [3.05, 3.63) is 89.6 Å². The van der Waals surface area contributed by atoms with E-state index in [4.69, 9.17) is 5.73 Å². The Morgan fingerprint density at radius 1 is 1.03 bits per heavy atom. The molecule has 1 amide bonds. The number of carbonyl (C=O) groups excluding carboxylic acids is 1. The number of hydrogen-bond acceptors (Lipinski definition) is 4. The Bertz CT molecular complexity index is 1240. The van der Waals surface area contributed by atoms with Crippen LogP contribution in [0, 0.1) is 11.3 Å². The Morgan fingerprint density at radius 3 is 2.53 bits per heavy atom. The third-order valence-electron chi connectivity index (χ3n) is 4.99. The molecule has 0 spiro atoms. The SMILES string of the molecule is N#Cc1c(CCCNC(=O)c2ccc3ccccc3c2)nn(-c2ccccc2)c1N. The monoisotopic (exact) mass is 395 g/mol. The highest BCUT2D eigenvalue weighted by molar-refractivity contribution is 5.98. The van der Waals surface area contributed by atoms with E-state index in [0.29, 0.717) is 42.0 Å². The fourth-order valence-electron chi connectivity index (χ4n) is 3.43. The summed E-state index contributed by atoms with van der Waals surface area (Å²) < 4.78 is 1.58. The zero-order valence-electron chi connectivity index (χ0n) is 16.4. The van der Waals surface area contributed by atoms with E-state index in [2.05, 4.69) is 16.5 Å². The highest BCUT2D eigenvalue weighted by Crippen LogP contribution is 2.21. The predicted octanol–water partition coefficient (Wildman–Crippen LogP) is 3.84. The number of fused-ring (bicyclic) bond motifs is 1. The van der Waals surface area contributed by atoms with Gasteiger partial charge in [0.15, 0.2) is 0 Å². The number of amides is 1. The number of aryl methyl sites for hydroxylation is 1. The molecule has 0 aliphatic rings. The van der Waals surface area contributed by atoms with Crippen LogP contribution in [0.4, 0.5) is 5.82 Å². The topological polar surface area (TPSA) is 96.7 Å². The molecule has 4 rings (SSSR count). The number of para-hydroxylation sites is 1. The van der Waals surface area contributed by atoms with Gasteiger partial charge in [-0.3, -0.25) is 4.79 Å². The van der Waals surface area contributed by atoms with Gasteiger partial charge in [-0.1, -0.05) is 48.5 Å². The smallest absolute Gasteiger partial charge is 0.251 e. The molecule has 1 aromatic heterocycles. The molecular formula is C24H21N5O. The first-order chi connectivity index (χ1) is 14.7. The molecule has 3 aromatic carbocycles. The number of aromatic nitrogens is 2. The van der Waals surface area contributed by atoms with Gasteiger partial charge in [-0.25, -0.2) is 4.68 Å². The van der Waals surface area contributed by atoms with Crippen molar-refractivity contribution in [1.82, 2.24) is 15.1 Å². The normalized spacial score (nSPS) is 10.6. The number of nitrogens with one attached hydrogen (secondary N) is 1. The van der Waals surface area contributed by atoms with Crippen LogP contribution in [0.15, 0.2) is 72.8 Å². The van der Waals surface area contributed by atoms with Crippen molar-refractivity contribution in [1.29, 1.82) is 5.26 Å². The second-order valence-electron chi connectivity index (χ2n) is 6.99. The number of rotatable bonds is 6. The van der Waals surface area contributed by atoms with E-state index in [0.717, 1.165) is 16.5 Å². The van der Waals surface area contributed by atoms with Gasteiger partial charge in [-0.15, -0.1) is 0 Å². The summed E-state index contributed by atoms with van der Waals surface area (Å²) in [7, 11) is 0. The van der Waals surface area contributed by atoms with Gasteiger partial charge in [0, 0.05) is 12.1 Å². The molecule has 0 fully saturated rings. The molecule has 0 bridgehead atoms. The second kappa shape index (κ2) is 8.50. The number of nitrogen functional groups attached to an aromatic ring is 1. The molecule has 1 heterocycles. The number of nitriles is 1. The van der Waals surface area contributed by atoms with Gasteiger partial charge in [-0.05, 0) is 47.9 Å². The Balaban J connectivity index is 1.39. The lowest BCUT2D eigenvalue weighted by atomic mass is 10.1. The van der Waals surface area contributed by atoms with Crippen molar-refractivity contribution in [3.8, 4) is 11.8 Å². The van der Waals surface area contributed by atoms with Crippen molar-refractivity contribution in [2.45, 2.75) is 12.8 Å². The lowest BCUT2D eigenvalue weighted by molar-refractivity contribution is 0.0953. The minimum Gasteiger partial charge on any atom is -0.382 e. The van der Waals surface area contributed by atoms with Gasteiger partial charge in [0.2, 0.25) is 0 Å². The summed E-state index contributed by atoms with van der Waals surface area (Å²) in [4.78, 5) is 12.5. The molecule has 0 aliphatic heterocycles. The van der Waals surface area contributed by atoms with Gasteiger partial charge in [0.05, 0.1) is 11.4 Å². The molecule has 0 saturated heterocycles. The summed E-state index contributed by atoms with van der Waals surface area (Å²) in [5.41, 5.74) is 8.59. The van der Waals surface area contributed by atoms with E-state index >= 15 is 0 Å². The minimum absolute atomic E-state index is 0.115. The molecule has 0 unspecified atom stereocenters. The Kier molecular flexibility index (Phi) is 5.44. The Hall–Kier alpha value is -4.11. The summed E-state index contributed by atoms with van der Waals surface area (Å²) in [5.74, 6) is 0.217. The highest BCUT2D eigenvalue weighted by Gasteiger charge is 2.16. The van der Waals surface area contributed by atoms with Crippen LogP contribution in [0.2, 0.25) is 0 Å². The summed E-state index contributed by atoms with van der Waals surface area (Å²) in [6.07, 6.45) is 1.20. The lowest BCUT2D eigenvalue weighted by Crippen LogP contribution is -2.24. The molecule has 6 heteroatoms. The lowest BCUT2D eigenvalue weighted by Gasteiger charge is -2.06. The van der Waals surface area contributed by atoms with E-state index in [9.17, 15) is 10.1 Å². The number of nitrogens with two attached hydrogens (primary N) is 1. The number of hydrogen-bond donors (Lipinski definition) is 2. The molecule has 148 valence electrons. The van der Waals surface area contributed by atoms with E-state index in [1.54, 1.807) is 4.68 Å². The summed E-state index contributed by atoms with van der Waals surface area (Å²) in [6.45, 7) is 0.481. The Morgan fingerprint density at radius 2 is 1.77 bits per heavy atom. The fourth-order valence-corrected chi connectivity index (χ4v) is 3.43. The van der Waals surface area contributed by atoms with Crippen LogP contribution in [0.3, 0.4) is 0 Å². The zero-order valence-corrected chi connectivity index (χ0v) is 16.4. The minimum atomic E-state index is -0.115. The van der Waals surface area contributed by atoms with Gasteiger partial charge in [0.1, 0.15) is 17.5 Å². The number of nitrogens with zero attached hydrogens (tertiary/aromatic N) is 3. The van der Waals surface area contributed by atoms with Crippen molar-refractivity contribution >= 4 is 22.5 Å². The van der Waals surface area contributed by atoms with E-state index < -0.39 is 0 Å². The second-order valence-corrected chi connectivity index (χ2v) is 6.99. The molecular weight excluding hydrogens is 374 g/mol. The number of anilines is 1. The summed E-state index contributed by atoms with van der Waals surface area (Å²) in [6, 6.07) is 25.2. The Labute approximate surface area is 174 Å². The fraction of sp³-hybridized carbons (Fsp3) is 0.125. The van der Waals surface area contributed by atoms with Gasteiger partial charge in [0.25, 0.3) is 5.91 Å². The zero-order chi connectivity index (χ0) is 20.9. The molecule has 0 aliphatic carbocycles. The number of benzene rings is 3. The van der Waals surface area contributed by atoms with Crippen LogP contribution in [0.25, 0.3) is 16.5 Å². The van der Waals surface area contributed by atoms with Crippen molar-refractivity contribution in [2.24, 2.45) is 0 Å². The average Bonchev–Trinajstić information content (AvgIpc) is 3.12. The van der Waals surface area contributed by atoms with E-state index in [-0.39, 0.29) is 5.91 Å². The first-order valence-electron chi connectivity index (χ1n) is 9.77. The van der Waals surface area contributed by atoms with Crippen LogP contribution >= 0.6 is 0 Å². The summed E-state index contributed by atoms with van der Waals surface area (Å²) in [5, 5.41) is 19.1. The maximum Gasteiger partial charge on any atom is 0.251 e. The largest absolute Gasteiger partial charge is 0.382 e. The quantitative estimate of drug-likeness (QED) is 0.485. The van der Waals surface area contributed by atoms with Crippen LogP contribution < -0.4 is 11.1 Å². The first-order valence-corrected chi connectivity index (χ1v) is 9.77. The van der Waals surface area contributed by atoms with Crippen molar-refractivity contribution in [2.75, 3.05) is 12.3 Å². The maximum atomic E-state index is 12.5. The third kappa shape index (κ3) is 3.87. The molecule has 0 radical (unpaired) electrons. The molecule has 0 atom stereocenters. The molecule has 0 saturated carbocycles. The molecule has 4 aromatic rings. The molecule has 6 nitrogen and oxygen atoms in total. The third-order valence-corrected chi connectivity index (χ3v) is 4.99. The molecule has 3 N–H and O–H groups in total. The predicted molar refractivity (Wildman–Crippen MR) is 117 cm³/mol. The molecule has 30 heavy (non-hydrogen) atoms. The van der Waals surface area contributed by atoms with Crippen molar-refractivity contribution < 1.29 is 4.79 Å². The maximum absolute atomic E-state index is 12.5. The van der Waals surface area contributed by atoms with E-state index in [1.165, 1.54) is 0 Å². The highest BCUT2D eigenvalue weighted by atomic mass is 16.1. The van der Waals surface area contributed by atoms with Gasteiger partial charge >= 0.3 is 0 Å². The average molecular weight is 395 g/mol. The standard InChI is InChI=1S/C24H21N5O/c25-16-21-22(28-29(23(21)26)20-9-2-1-3-10-20)11-6-14-27-24(30)19-13-12-17-7-4-5-8-18(17)15-19/h1-5,7-10,12-13,15H,6,11,14,26H2,(H,27,30). The van der Waals surface area contributed by atoms with Crippen molar-refractivity contribution in [3.63, 3.8) is 0 Å². The van der Waals surface area contributed by atoms with Gasteiger partial charge < -0.3 is 11.1 Å². The van der Waals surface area contributed by atoms with Crippen LogP contribution in [0.5, 0.6) is 0 Å². The van der Waals surface area contributed by atoms with Gasteiger partial charge in [-0.2, -0.15) is 10.4 Å². The first kappa shape index (κ1) is 19.2. The van der Waals surface area contributed by atoms with Crippen LogP contribution in [-0.4, -0.2) is 22.2 Å². The number of carbonyl (C=O) groups is 1. The van der Waals surface area contributed by atoms with Crippen LogP contribution in [-0.2, 0) is 6.42 Å². The van der Waals surface area contributed by atoms with E-state index in [1.807, 2.05) is 72.8 Å². The van der Waals surface area contributed by atoms with Crippen LogP contribution in [0.1, 0.15) is 28.0 Å². The summed E-state index contributed by atoms with van der Waals surface area (Å²) >= 11 is 0.